The lowest BCUT2D eigenvalue weighted by molar-refractivity contribution is -0.144. The number of hydrogen-bond donors (Lipinski definition) is 0. The number of carbonyl (C=O) groups excluding carboxylic acids is 2. The Kier molecular flexibility index (Phi) is 5.61. The van der Waals surface area contributed by atoms with E-state index in [1.807, 2.05) is 0 Å². The van der Waals surface area contributed by atoms with Crippen LogP contribution in [-0.2, 0) is 25.9 Å². The van der Waals surface area contributed by atoms with Crippen molar-refractivity contribution in [2.24, 2.45) is 0 Å². The van der Waals surface area contributed by atoms with Crippen molar-refractivity contribution in [3.05, 3.63) is 60.2 Å². The Labute approximate surface area is 169 Å². The van der Waals surface area contributed by atoms with E-state index in [0.717, 1.165) is 12.8 Å². The number of carbonyl (C=O) groups is 2. The number of benzene rings is 4. The number of esters is 1. The normalized spacial score (nSPS) is 11.4. The number of unbranched alkanes of at least 4 members (excludes halogenated alkanes) is 1. The van der Waals surface area contributed by atoms with Gasteiger partial charge in [0.2, 0.25) is 0 Å². The van der Waals surface area contributed by atoms with Crippen LogP contribution in [0.2, 0.25) is 0 Å². The summed E-state index contributed by atoms with van der Waals surface area (Å²) in [5, 5.41) is 18.0. The molecule has 0 aliphatic heterocycles. The molecule has 0 spiro atoms. The zero-order valence-corrected chi connectivity index (χ0v) is 16.3. The molecule has 0 heterocycles. The third-order valence-electron chi connectivity index (χ3n) is 5.48. The lowest BCUT2D eigenvalue weighted by atomic mass is 9.90. The summed E-state index contributed by atoms with van der Waals surface area (Å²) in [5.74, 6) is -1.29. The second-order valence-corrected chi connectivity index (χ2v) is 7.48. The second-order valence-electron chi connectivity index (χ2n) is 7.48. The average molecular weight is 387 g/mol. The van der Waals surface area contributed by atoms with Crippen LogP contribution in [-0.4, -0.2) is 18.5 Å². The van der Waals surface area contributed by atoms with Crippen LogP contribution in [0.1, 0.15) is 37.7 Å². The molecule has 29 heavy (non-hydrogen) atoms. The van der Waals surface area contributed by atoms with Crippen LogP contribution < -0.4 is 0 Å². The van der Waals surface area contributed by atoms with Crippen molar-refractivity contribution in [3.63, 3.8) is 0 Å². The first kappa shape index (κ1) is 19.2. The predicted octanol–water partition coefficient (Wildman–Crippen LogP) is 5.58. The molecule has 0 bridgehead atoms. The van der Waals surface area contributed by atoms with Crippen LogP contribution in [0.15, 0.2) is 54.6 Å². The molecule has 0 saturated heterocycles. The molecule has 1 radical (unpaired) electrons. The van der Waals surface area contributed by atoms with Gasteiger partial charge in [-0.05, 0) is 63.6 Å². The Balaban J connectivity index is 1.41. The Morgan fingerprint density at radius 1 is 0.724 bits per heavy atom. The van der Waals surface area contributed by atoms with Crippen molar-refractivity contribution in [2.45, 2.75) is 38.5 Å². The molecule has 4 aromatic carbocycles. The number of hydrogen-bond acceptors (Lipinski definition) is 3. The maximum absolute atomic E-state index is 11.9. The third kappa shape index (κ3) is 4.16. The fourth-order valence-corrected chi connectivity index (χ4v) is 4.07. The van der Waals surface area contributed by atoms with Crippen molar-refractivity contribution >= 4 is 44.3 Å². The van der Waals surface area contributed by atoms with Gasteiger partial charge in [0.1, 0.15) is 0 Å². The van der Waals surface area contributed by atoms with Gasteiger partial charge in [-0.2, -0.15) is 0 Å². The van der Waals surface area contributed by atoms with Crippen LogP contribution >= 0.6 is 0 Å². The van der Waals surface area contributed by atoms with E-state index >= 15 is 0 Å². The zero-order valence-electron chi connectivity index (χ0n) is 16.3. The van der Waals surface area contributed by atoms with Crippen molar-refractivity contribution in [1.29, 1.82) is 0 Å². The van der Waals surface area contributed by atoms with Crippen molar-refractivity contribution in [1.82, 2.24) is 0 Å². The number of ether oxygens (including phenoxy) is 1. The van der Waals surface area contributed by atoms with E-state index in [1.54, 1.807) is 0 Å². The molecular weight excluding hydrogens is 364 g/mol. The molecule has 0 aliphatic carbocycles. The standard InChI is InChI=1S/C25H23O4/c26-22(27)8-1-2-16-29-23(28)9-4-5-17-10-11-20-13-12-18-6-3-7-19-14-15-21(17)25(20)24(18)19/h3,6-7,10-15H,1-2,4-5,8-9,16H2. The summed E-state index contributed by atoms with van der Waals surface area (Å²) in [5.41, 5.74) is 1.25. The predicted molar refractivity (Wildman–Crippen MR) is 114 cm³/mol. The fraction of sp³-hybridized carbons (Fsp3) is 0.280. The largest absolute Gasteiger partial charge is 0.466 e. The van der Waals surface area contributed by atoms with Gasteiger partial charge in [-0.15, -0.1) is 0 Å². The minimum absolute atomic E-state index is 0.00616. The highest BCUT2D eigenvalue weighted by Crippen LogP contribution is 2.36. The Bertz CT molecular complexity index is 1150. The van der Waals surface area contributed by atoms with E-state index in [9.17, 15) is 14.7 Å². The molecule has 4 heteroatoms. The molecular formula is C25H23O4. The van der Waals surface area contributed by atoms with Crippen LogP contribution in [0.5, 0.6) is 0 Å². The van der Waals surface area contributed by atoms with Crippen molar-refractivity contribution in [2.75, 3.05) is 6.61 Å². The van der Waals surface area contributed by atoms with Gasteiger partial charge >= 0.3 is 11.9 Å². The quantitative estimate of drug-likeness (QED) is 0.214. The SMILES string of the molecule is [O]C(=O)CCCCOC(=O)CCCc1ccc2ccc3cccc4ccc1c2c34. The van der Waals surface area contributed by atoms with E-state index in [2.05, 4.69) is 54.6 Å². The monoisotopic (exact) mass is 387 g/mol. The molecule has 0 unspecified atom stereocenters. The molecule has 147 valence electrons. The lowest BCUT2D eigenvalue weighted by Crippen LogP contribution is -2.06. The van der Waals surface area contributed by atoms with Crippen LogP contribution in [0.25, 0.3) is 32.3 Å². The first-order chi connectivity index (χ1) is 14.1. The van der Waals surface area contributed by atoms with Gasteiger partial charge in [0.05, 0.1) is 13.0 Å². The molecule has 0 fully saturated rings. The van der Waals surface area contributed by atoms with Crippen molar-refractivity contribution < 1.29 is 19.4 Å². The van der Waals surface area contributed by atoms with Gasteiger partial charge in [0, 0.05) is 6.42 Å². The summed E-state index contributed by atoms with van der Waals surface area (Å²) in [6.45, 7) is 0.269. The highest BCUT2D eigenvalue weighted by molar-refractivity contribution is 6.23. The van der Waals surface area contributed by atoms with Gasteiger partial charge in [0.15, 0.2) is 0 Å². The summed E-state index contributed by atoms with van der Waals surface area (Å²) in [7, 11) is 0. The Hall–Kier alpha value is -3.14. The fourth-order valence-electron chi connectivity index (χ4n) is 4.07. The maximum atomic E-state index is 11.9. The van der Waals surface area contributed by atoms with Gasteiger partial charge in [-0.1, -0.05) is 54.6 Å². The highest BCUT2D eigenvalue weighted by Gasteiger charge is 2.11. The average Bonchev–Trinajstić information content (AvgIpc) is 2.72. The summed E-state index contributed by atoms with van der Waals surface area (Å²) in [4.78, 5) is 22.3. The Morgan fingerprint density at radius 3 is 2.17 bits per heavy atom. The van der Waals surface area contributed by atoms with Gasteiger partial charge < -0.3 is 4.74 Å². The lowest BCUT2D eigenvalue weighted by Gasteiger charge is -2.13. The van der Waals surface area contributed by atoms with Gasteiger partial charge in [-0.25, -0.2) is 9.90 Å². The maximum Gasteiger partial charge on any atom is 0.355 e. The Morgan fingerprint density at radius 2 is 1.41 bits per heavy atom. The minimum Gasteiger partial charge on any atom is -0.466 e. The van der Waals surface area contributed by atoms with E-state index < -0.39 is 5.97 Å². The summed E-state index contributed by atoms with van der Waals surface area (Å²) in [6, 6.07) is 19.4. The topological polar surface area (TPSA) is 63.3 Å². The van der Waals surface area contributed by atoms with Gasteiger partial charge in [0.25, 0.3) is 0 Å². The van der Waals surface area contributed by atoms with Crippen LogP contribution in [0.4, 0.5) is 0 Å². The third-order valence-corrected chi connectivity index (χ3v) is 5.48. The molecule has 4 rings (SSSR count). The van der Waals surface area contributed by atoms with Crippen LogP contribution in [0.3, 0.4) is 0 Å². The molecule has 0 atom stereocenters. The minimum atomic E-state index is -1.07. The molecule has 0 amide bonds. The van der Waals surface area contributed by atoms with E-state index in [0.29, 0.717) is 19.3 Å². The zero-order chi connectivity index (χ0) is 20.2. The number of rotatable bonds is 9. The van der Waals surface area contributed by atoms with E-state index in [4.69, 9.17) is 4.74 Å². The summed E-state index contributed by atoms with van der Waals surface area (Å²) < 4.78 is 5.19. The molecule has 0 N–H and O–H groups in total. The summed E-state index contributed by atoms with van der Waals surface area (Å²) in [6.07, 6.45) is 2.93. The molecule has 4 nitrogen and oxygen atoms in total. The molecule has 0 aromatic heterocycles. The molecule has 4 aromatic rings. The highest BCUT2D eigenvalue weighted by atomic mass is 16.5. The van der Waals surface area contributed by atoms with Gasteiger partial charge in [-0.3, -0.25) is 4.79 Å². The first-order valence-corrected chi connectivity index (χ1v) is 10.1. The first-order valence-electron chi connectivity index (χ1n) is 10.1. The smallest absolute Gasteiger partial charge is 0.355 e. The van der Waals surface area contributed by atoms with Crippen LogP contribution in [0, 0.1) is 0 Å². The van der Waals surface area contributed by atoms with E-state index in [-0.39, 0.29) is 19.0 Å². The van der Waals surface area contributed by atoms with E-state index in [1.165, 1.54) is 37.9 Å². The second kappa shape index (κ2) is 8.48. The van der Waals surface area contributed by atoms with Crippen molar-refractivity contribution in [3.8, 4) is 0 Å². The molecule has 0 aliphatic rings. The summed E-state index contributed by atoms with van der Waals surface area (Å²) >= 11 is 0. The molecule has 0 saturated carbocycles. The number of aryl methyl sites for hydroxylation is 1.